The highest BCUT2D eigenvalue weighted by atomic mass is 32.1. The summed E-state index contributed by atoms with van der Waals surface area (Å²) in [7, 11) is 0. The second kappa shape index (κ2) is 36.8. The van der Waals surface area contributed by atoms with Gasteiger partial charge in [0.25, 0.3) is 0 Å². The van der Waals surface area contributed by atoms with Crippen molar-refractivity contribution in [2.45, 2.75) is 66.2 Å². The molecule has 0 unspecified atom stereocenters. The van der Waals surface area contributed by atoms with E-state index in [9.17, 15) is 19.2 Å². The molecular formula is C22H44O8S4. The van der Waals surface area contributed by atoms with Crippen molar-refractivity contribution in [2.75, 3.05) is 49.4 Å². The standard InChI is InChI=1S/C7H14O2S.C6H12O2S.C5H10O2S.C4H8O2S/c1-2-3-5-9-7(8)4-6-10;1-2-3-4-8-6(7)5-9;1-2-7-5(6)3-4-8;1-2-6-4(5)3-7/h10H,2-6H2,1H3;9H,2-5H2,1H3;8H,2-4H2,1H3;7H,2-3H2,1H3. The summed E-state index contributed by atoms with van der Waals surface area (Å²) in [5.74, 6) is 0.713. The van der Waals surface area contributed by atoms with Crippen LogP contribution >= 0.6 is 50.5 Å². The fraction of sp³-hybridized carbons (Fsp3) is 0.818. The maximum Gasteiger partial charge on any atom is 0.315 e. The Balaban J connectivity index is -0.000000178. The molecule has 0 bridgehead atoms. The summed E-state index contributed by atoms with van der Waals surface area (Å²) < 4.78 is 18.6. The number of hydrogen-bond acceptors (Lipinski definition) is 12. The number of rotatable bonds is 14. The van der Waals surface area contributed by atoms with E-state index in [4.69, 9.17) is 9.47 Å². The molecule has 0 aromatic rings. The third-order valence-corrected chi connectivity index (χ3v) is 3.99. The molecule has 0 aliphatic rings. The van der Waals surface area contributed by atoms with Crippen LogP contribution in [-0.2, 0) is 38.1 Å². The maximum atomic E-state index is 10.6. The second-order valence-corrected chi connectivity index (χ2v) is 7.55. The van der Waals surface area contributed by atoms with Gasteiger partial charge in [-0.2, -0.15) is 50.5 Å². The zero-order valence-corrected chi connectivity index (χ0v) is 24.5. The predicted octanol–water partition coefficient (Wildman–Crippen LogP) is 4.26. The Kier molecular flexibility index (Phi) is 43.8. The minimum Gasteiger partial charge on any atom is -0.466 e. The number of thiol groups is 4. The van der Waals surface area contributed by atoms with Gasteiger partial charge in [0.2, 0.25) is 0 Å². The largest absolute Gasteiger partial charge is 0.466 e. The lowest BCUT2D eigenvalue weighted by atomic mass is 10.4. The molecule has 0 aliphatic heterocycles. The van der Waals surface area contributed by atoms with Gasteiger partial charge in [0.1, 0.15) is 0 Å². The highest BCUT2D eigenvalue weighted by Gasteiger charge is 1.98. The monoisotopic (exact) mass is 564 g/mol. The molecule has 204 valence electrons. The molecule has 0 spiro atoms. The minimum atomic E-state index is -0.258. The number of carbonyl (C=O) groups is 4. The first-order valence-electron chi connectivity index (χ1n) is 11.3. The molecule has 0 fully saturated rings. The molecule has 0 saturated heterocycles. The molecular weight excluding hydrogens is 521 g/mol. The zero-order chi connectivity index (χ0) is 27.0. The Morgan fingerprint density at radius 1 is 0.529 bits per heavy atom. The molecule has 0 atom stereocenters. The van der Waals surface area contributed by atoms with Crippen molar-refractivity contribution in [1.29, 1.82) is 0 Å². The summed E-state index contributed by atoms with van der Waals surface area (Å²) in [6, 6.07) is 0. The molecule has 0 aromatic heterocycles. The van der Waals surface area contributed by atoms with Gasteiger partial charge >= 0.3 is 23.9 Å². The predicted molar refractivity (Wildman–Crippen MR) is 150 cm³/mol. The van der Waals surface area contributed by atoms with E-state index in [1.54, 1.807) is 13.8 Å². The fourth-order valence-corrected chi connectivity index (χ4v) is 1.95. The van der Waals surface area contributed by atoms with Crippen LogP contribution in [0.25, 0.3) is 0 Å². The van der Waals surface area contributed by atoms with Crippen LogP contribution in [0.3, 0.4) is 0 Å². The van der Waals surface area contributed by atoms with Gasteiger partial charge in [-0.05, 0) is 26.7 Å². The van der Waals surface area contributed by atoms with Gasteiger partial charge in [0.05, 0.1) is 50.8 Å². The quantitative estimate of drug-likeness (QED) is 0.107. The molecule has 12 heteroatoms. The fourth-order valence-electron chi connectivity index (χ4n) is 1.40. The van der Waals surface area contributed by atoms with Crippen molar-refractivity contribution < 1.29 is 38.1 Å². The van der Waals surface area contributed by atoms with Crippen LogP contribution in [0.1, 0.15) is 66.2 Å². The Morgan fingerprint density at radius 2 is 0.853 bits per heavy atom. The van der Waals surface area contributed by atoms with Gasteiger partial charge in [-0.15, -0.1) is 0 Å². The number of ether oxygens (including phenoxy) is 4. The zero-order valence-electron chi connectivity index (χ0n) is 21.0. The van der Waals surface area contributed by atoms with Gasteiger partial charge < -0.3 is 18.9 Å². The molecule has 0 aliphatic carbocycles. The van der Waals surface area contributed by atoms with E-state index in [-0.39, 0.29) is 35.4 Å². The van der Waals surface area contributed by atoms with Crippen LogP contribution in [0, 0.1) is 0 Å². The summed E-state index contributed by atoms with van der Waals surface area (Å²) in [6.45, 7) is 9.67. The summed E-state index contributed by atoms with van der Waals surface area (Å²) in [6.07, 6.45) is 4.86. The van der Waals surface area contributed by atoms with Gasteiger partial charge in [0.15, 0.2) is 0 Å². The molecule has 34 heavy (non-hydrogen) atoms. The van der Waals surface area contributed by atoms with Crippen LogP contribution in [0.15, 0.2) is 0 Å². The van der Waals surface area contributed by atoms with Gasteiger partial charge in [-0.25, -0.2) is 0 Å². The topological polar surface area (TPSA) is 105 Å². The van der Waals surface area contributed by atoms with Gasteiger partial charge in [-0.1, -0.05) is 26.7 Å². The highest BCUT2D eigenvalue weighted by Crippen LogP contribution is 1.92. The normalized spacial score (nSPS) is 8.94. The summed E-state index contributed by atoms with van der Waals surface area (Å²) in [5, 5.41) is 0. The third-order valence-electron chi connectivity index (χ3n) is 3.02. The molecule has 0 saturated carbocycles. The number of esters is 4. The lowest BCUT2D eigenvalue weighted by molar-refractivity contribution is -0.143. The van der Waals surface area contributed by atoms with E-state index in [1.165, 1.54) is 0 Å². The Labute approximate surface area is 227 Å². The van der Waals surface area contributed by atoms with Crippen molar-refractivity contribution in [3.63, 3.8) is 0 Å². The number of unbranched alkanes of at least 4 members (excludes halogenated alkanes) is 2. The smallest absolute Gasteiger partial charge is 0.315 e. The summed E-state index contributed by atoms with van der Waals surface area (Å²) in [5.41, 5.74) is 0. The van der Waals surface area contributed by atoms with E-state index in [0.29, 0.717) is 50.8 Å². The maximum absolute atomic E-state index is 10.6. The third kappa shape index (κ3) is 44.9. The summed E-state index contributed by atoms with van der Waals surface area (Å²) in [4.78, 5) is 41.5. The van der Waals surface area contributed by atoms with E-state index >= 15 is 0 Å². The SMILES string of the molecule is CCCCOC(=O)CCS.CCCCOC(=O)CS.CCOC(=O)CCS.CCOC(=O)CS. The van der Waals surface area contributed by atoms with Crippen molar-refractivity contribution in [2.24, 2.45) is 0 Å². The highest BCUT2D eigenvalue weighted by molar-refractivity contribution is 7.81. The van der Waals surface area contributed by atoms with Crippen molar-refractivity contribution in [3.8, 4) is 0 Å². The minimum absolute atomic E-state index is 0.136. The molecule has 8 nitrogen and oxygen atoms in total. The number of hydrogen-bond donors (Lipinski definition) is 4. The lowest BCUT2D eigenvalue weighted by Crippen LogP contribution is -2.06. The van der Waals surface area contributed by atoms with Crippen LogP contribution < -0.4 is 0 Å². The molecule has 0 radical (unpaired) electrons. The number of carbonyl (C=O) groups excluding carboxylic acids is 4. The lowest BCUT2D eigenvalue weighted by Gasteiger charge is -2.00. The van der Waals surface area contributed by atoms with Crippen LogP contribution in [0.4, 0.5) is 0 Å². The van der Waals surface area contributed by atoms with E-state index in [1.807, 2.05) is 0 Å². The summed E-state index contributed by atoms with van der Waals surface area (Å²) >= 11 is 15.2. The van der Waals surface area contributed by atoms with Crippen LogP contribution in [0.2, 0.25) is 0 Å². The first kappa shape index (κ1) is 40.4. The van der Waals surface area contributed by atoms with Crippen LogP contribution in [-0.4, -0.2) is 73.3 Å². The van der Waals surface area contributed by atoms with Gasteiger partial charge in [0, 0.05) is 11.5 Å². The van der Waals surface area contributed by atoms with Crippen LogP contribution in [0.5, 0.6) is 0 Å². The van der Waals surface area contributed by atoms with E-state index < -0.39 is 0 Å². The Morgan fingerprint density at radius 3 is 1.15 bits per heavy atom. The van der Waals surface area contributed by atoms with Gasteiger partial charge in [-0.3, -0.25) is 19.2 Å². The first-order valence-corrected chi connectivity index (χ1v) is 13.8. The van der Waals surface area contributed by atoms with Crippen molar-refractivity contribution in [3.05, 3.63) is 0 Å². The molecule has 0 amide bonds. The first-order chi connectivity index (χ1) is 16.2. The van der Waals surface area contributed by atoms with E-state index in [2.05, 4.69) is 73.8 Å². The Hall–Kier alpha value is -0.720. The van der Waals surface area contributed by atoms with E-state index in [0.717, 1.165) is 25.7 Å². The molecule has 0 N–H and O–H groups in total. The second-order valence-electron chi connectivity index (χ2n) is 6.02. The Bertz CT molecular complexity index is 472. The van der Waals surface area contributed by atoms with Crippen molar-refractivity contribution >= 4 is 74.4 Å². The molecule has 0 rings (SSSR count). The molecule has 0 aromatic carbocycles. The molecule has 0 heterocycles. The average molecular weight is 565 g/mol. The average Bonchev–Trinajstić information content (AvgIpc) is 2.81. The van der Waals surface area contributed by atoms with Crippen molar-refractivity contribution in [1.82, 2.24) is 0 Å².